The van der Waals surface area contributed by atoms with E-state index in [4.69, 9.17) is 5.26 Å². The van der Waals surface area contributed by atoms with E-state index in [2.05, 4.69) is 32.9 Å². The topological polar surface area (TPSA) is 102 Å². The van der Waals surface area contributed by atoms with E-state index in [1.807, 2.05) is 30.3 Å². The van der Waals surface area contributed by atoms with Crippen molar-refractivity contribution in [2.24, 2.45) is 0 Å². The van der Waals surface area contributed by atoms with Crippen molar-refractivity contribution in [3.8, 4) is 17.9 Å². The zero-order valence-electron chi connectivity index (χ0n) is 21.6. The number of rotatable bonds is 7. The van der Waals surface area contributed by atoms with Gasteiger partial charge in [-0.25, -0.2) is 23.7 Å². The summed E-state index contributed by atoms with van der Waals surface area (Å²) in [4.78, 5) is 38.5. The molecule has 5 aromatic rings. The first-order chi connectivity index (χ1) is 19.9. The lowest BCUT2D eigenvalue weighted by atomic mass is 10.1. The van der Waals surface area contributed by atoms with E-state index in [0.29, 0.717) is 23.4 Å². The Kier molecular flexibility index (Phi) is 7.98. The molecule has 0 radical (unpaired) electrons. The highest BCUT2D eigenvalue weighted by atomic mass is 19.2. The molecule has 0 spiro atoms. The minimum absolute atomic E-state index is 0.0223. The number of carbonyl (C=O) groups excluding carboxylic acids is 1. The molecule has 0 unspecified atom stereocenters. The molecule has 3 aromatic carbocycles. The highest BCUT2D eigenvalue weighted by Gasteiger charge is 2.13. The fourth-order valence-corrected chi connectivity index (χ4v) is 4.18. The predicted molar refractivity (Wildman–Crippen MR) is 148 cm³/mol. The van der Waals surface area contributed by atoms with Crippen LogP contribution in [0.5, 0.6) is 0 Å². The third kappa shape index (κ3) is 6.55. The molecule has 0 aliphatic carbocycles. The van der Waals surface area contributed by atoms with Crippen molar-refractivity contribution in [1.82, 2.24) is 19.5 Å². The van der Waals surface area contributed by atoms with Gasteiger partial charge in [-0.15, -0.1) is 0 Å². The number of nitriles is 1. The normalized spacial score (nSPS) is 10.6. The van der Waals surface area contributed by atoms with Crippen molar-refractivity contribution in [2.75, 3.05) is 0 Å². The predicted octanol–water partition coefficient (Wildman–Crippen LogP) is 4.99. The molecule has 0 saturated heterocycles. The van der Waals surface area contributed by atoms with Gasteiger partial charge in [-0.1, -0.05) is 30.0 Å². The van der Waals surface area contributed by atoms with Gasteiger partial charge in [-0.3, -0.25) is 14.2 Å². The summed E-state index contributed by atoms with van der Waals surface area (Å²) in [6, 6.07) is 18.3. The SMILES string of the molecule is N#Cc1ccc(Cc2ncc3cc(C#CCCC(=O)c4cncn(Cc5ccc(F)c(F)c5)c4=O)ccc3n2)cc1. The van der Waals surface area contributed by atoms with Crippen molar-refractivity contribution in [2.45, 2.75) is 25.8 Å². The van der Waals surface area contributed by atoms with Crippen LogP contribution in [0, 0.1) is 34.8 Å². The van der Waals surface area contributed by atoms with Crippen molar-refractivity contribution in [3.63, 3.8) is 0 Å². The maximum Gasteiger partial charge on any atom is 0.264 e. The Bertz CT molecular complexity index is 1930. The number of benzene rings is 3. The lowest BCUT2D eigenvalue weighted by Gasteiger charge is -2.07. The van der Waals surface area contributed by atoms with Gasteiger partial charge in [0.1, 0.15) is 11.4 Å². The summed E-state index contributed by atoms with van der Waals surface area (Å²) in [5.74, 6) is 4.26. The molecule has 0 N–H and O–H groups in total. The van der Waals surface area contributed by atoms with Crippen LogP contribution in [0.4, 0.5) is 8.78 Å². The first-order valence-electron chi connectivity index (χ1n) is 12.6. The Morgan fingerprint density at radius 1 is 0.927 bits per heavy atom. The van der Waals surface area contributed by atoms with E-state index in [0.717, 1.165) is 34.2 Å². The molecule has 0 fully saturated rings. The fourth-order valence-electron chi connectivity index (χ4n) is 4.18. The van der Waals surface area contributed by atoms with Crippen LogP contribution in [0.2, 0.25) is 0 Å². The van der Waals surface area contributed by atoms with Gasteiger partial charge in [0, 0.05) is 42.6 Å². The van der Waals surface area contributed by atoms with Crippen LogP contribution < -0.4 is 5.56 Å². The van der Waals surface area contributed by atoms with E-state index in [1.54, 1.807) is 18.3 Å². The van der Waals surface area contributed by atoms with Gasteiger partial charge in [0.15, 0.2) is 17.4 Å². The average molecular weight is 546 g/mol. The number of hydrogen-bond donors (Lipinski definition) is 0. The first kappa shape index (κ1) is 27.0. The Labute approximate surface area is 233 Å². The summed E-state index contributed by atoms with van der Waals surface area (Å²) < 4.78 is 27.9. The Balaban J connectivity index is 1.21. The minimum atomic E-state index is -1.02. The van der Waals surface area contributed by atoms with Gasteiger partial charge in [0.05, 0.1) is 30.0 Å². The molecule has 0 atom stereocenters. The minimum Gasteiger partial charge on any atom is -0.294 e. The Morgan fingerprint density at radius 2 is 1.71 bits per heavy atom. The van der Waals surface area contributed by atoms with Crippen LogP contribution in [-0.2, 0) is 13.0 Å². The van der Waals surface area contributed by atoms with Gasteiger partial charge in [0.25, 0.3) is 5.56 Å². The number of halogens is 2. The van der Waals surface area contributed by atoms with Crippen LogP contribution in [0.15, 0.2) is 84.2 Å². The maximum atomic E-state index is 13.5. The number of Topliss-reactive ketones (excluding diaryl/α,β-unsaturated/α-hetero) is 1. The smallest absolute Gasteiger partial charge is 0.264 e. The van der Waals surface area contributed by atoms with E-state index in [1.165, 1.54) is 23.2 Å². The zero-order valence-corrected chi connectivity index (χ0v) is 21.6. The number of nitrogens with zero attached hydrogens (tertiary/aromatic N) is 5. The summed E-state index contributed by atoms with van der Waals surface area (Å²) in [5, 5.41) is 9.77. The Hall–Kier alpha value is -5.54. The van der Waals surface area contributed by atoms with Crippen molar-refractivity contribution < 1.29 is 13.6 Å². The third-order valence-corrected chi connectivity index (χ3v) is 6.32. The van der Waals surface area contributed by atoms with Crippen LogP contribution in [0.3, 0.4) is 0 Å². The van der Waals surface area contributed by atoms with E-state index in [9.17, 15) is 18.4 Å². The highest BCUT2D eigenvalue weighted by molar-refractivity contribution is 5.95. The molecular formula is C32H21F2N5O2. The van der Waals surface area contributed by atoms with E-state index in [-0.39, 0.29) is 24.9 Å². The summed E-state index contributed by atoms with van der Waals surface area (Å²) in [7, 11) is 0. The molecule has 5 rings (SSSR count). The number of fused-ring (bicyclic) bond motifs is 1. The molecule has 0 amide bonds. The maximum absolute atomic E-state index is 13.5. The van der Waals surface area contributed by atoms with Gasteiger partial charge in [-0.2, -0.15) is 5.26 Å². The largest absolute Gasteiger partial charge is 0.294 e. The lowest BCUT2D eigenvalue weighted by molar-refractivity contribution is 0.0982. The van der Waals surface area contributed by atoms with Crippen LogP contribution in [0.1, 0.15) is 51.3 Å². The summed E-state index contributed by atoms with van der Waals surface area (Å²) in [6.07, 6.45) is 5.00. The molecule has 2 aromatic heterocycles. The summed E-state index contributed by atoms with van der Waals surface area (Å²) in [6.45, 7) is -0.0490. The average Bonchev–Trinajstić information content (AvgIpc) is 2.98. The van der Waals surface area contributed by atoms with E-state index < -0.39 is 23.0 Å². The van der Waals surface area contributed by atoms with Crippen LogP contribution >= 0.6 is 0 Å². The van der Waals surface area contributed by atoms with Crippen molar-refractivity contribution in [1.29, 1.82) is 5.26 Å². The van der Waals surface area contributed by atoms with E-state index >= 15 is 0 Å². The molecule has 0 bridgehead atoms. The molecule has 9 heteroatoms. The fraction of sp³-hybridized carbons (Fsp3) is 0.125. The molecular weight excluding hydrogens is 524 g/mol. The van der Waals surface area contributed by atoms with Gasteiger partial charge < -0.3 is 0 Å². The van der Waals surface area contributed by atoms with Crippen molar-refractivity contribution >= 4 is 16.7 Å². The lowest BCUT2D eigenvalue weighted by Crippen LogP contribution is -2.27. The Morgan fingerprint density at radius 3 is 2.49 bits per heavy atom. The molecule has 0 aliphatic rings. The van der Waals surface area contributed by atoms with Gasteiger partial charge in [-0.05, 0) is 53.6 Å². The summed E-state index contributed by atoms with van der Waals surface area (Å²) in [5.41, 5.74) is 2.85. The second kappa shape index (κ2) is 12.1. The van der Waals surface area contributed by atoms with Crippen LogP contribution in [-0.4, -0.2) is 25.3 Å². The van der Waals surface area contributed by atoms with Crippen LogP contribution in [0.25, 0.3) is 10.9 Å². The number of aromatic nitrogens is 4. The summed E-state index contributed by atoms with van der Waals surface area (Å²) >= 11 is 0. The zero-order chi connectivity index (χ0) is 28.8. The molecule has 0 aliphatic heterocycles. The number of ketones is 1. The quantitative estimate of drug-likeness (QED) is 0.211. The van der Waals surface area contributed by atoms with Crippen molar-refractivity contribution in [3.05, 3.63) is 135 Å². The highest BCUT2D eigenvalue weighted by Crippen LogP contribution is 2.15. The molecule has 7 nitrogen and oxygen atoms in total. The second-order valence-corrected chi connectivity index (χ2v) is 9.26. The molecule has 200 valence electrons. The number of carbonyl (C=O) groups is 1. The molecule has 2 heterocycles. The van der Waals surface area contributed by atoms with Gasteiger partial charge in [0.2, 0.25) is 0 Å². The second-order valence-electron chi connectivity index (χ2n) is 9.26. The standard InChI is InChI=1S/C32H21F2N5O2/c33-27-11-9-24(14-28(27)34)19-39-20-36-18-26(32(39)41)30(40)4-2-1-3-21-10-12-29-25(13-21)17-37-31(38-29)15-22-5-7-23(16-35)8-6-22/h5-14,17-18,20H,2,4,15,19H2. The molecule has 0 saturated carbocycles. The monoisotopic (exact) mass is 545 g/mol. The van der Waals surface area contributed by atoms with Gasteiger partial charge >= 0.3 is 0 Å². The first-order valence-corrected chi connectivity index (χ1v) is 12.6. The number of hydrogen-bond acceptors (Lipinski definition) is 6. The molecule has 41 heavy (non-hydrogen) atoms. The third-order valence-electron chi connectivity index (χ3n) is 6.32.